The number of rotatable bonds is 2. The molecule has 3 aromatic rings. The number of anilines is 2. The normalized spacial score (nSPS) is 16.6. The molecule has 0 atom stereocenters. The van der Waals surface area contributed by atoms with E-state index in [4.69, 9.17) is 5.73 Å². The van der Waals surface area contributed by atoms with Gasteiger partial charge in [-0.1, -0.05) is 0 Å². The molecule has 4 rings (SSSR count). The summed E-state index contributed by atoms with van der Waals surface area (Å²) in [6.07, 6.45) is 5.75. The van der Waals surface area contributed by atoms with Crippen molar-refractivity contribution in [1.29, 1.82) is 0 Å². The molecule has 3 aromatic heterocycles. The molecule has 4 heterocycles. The Balaban J connectivity index is 1.87. The zero-order chi connectivity index (χ0) is 14.2. The highest BCUT2D eigenvalue weighted by Crippen LogP contribution is 2.34. The van der Waals surface area contributed by atoms with Crippen molar-refractivity contribution in [3.8, 4) is 0 Å². The fourth-order valence-corrected chi connectivity index (χ4v) is 3.05. The van der Waals surface area contributed by atoms with Gasteiger partial charge in [-0.15, -0.1) is 0 Å². The van der Waals surface area contributed by atoms with Crippen LogP contribution in [0.4, 0.5) is 11.5 Å². The van der Waals surface area contributed by atoms with Crippen molar-refractivity contribution in [2.75, 3.05) is 24.1 Å². The fourth-order valence-electron chi connectivity index (χ4n) is 3.05. The van der Waals surface area contributed by atoms with Crippen LogP contribution in [-0.2, 0) is 0 Å². The summed E-state index contributed by atoms with van der Waals surface area (Å²) < 4.78 is 0. The van der Waals surface area contributed by atoms with Crippen LogP contribution in [-0.4, -0.2) is 34.1 Å². The molecule has 0 saturated carbocycles. The molecule has 6 heteroatoms. The summed E-state index contributed by atoms with van der Waals surface area (Å²) in [7, 11) is 0. The molecule has 0 unspecified atom stereocenters. The van der Waals surface area contributed by atoms with Gasteiger partial charge in [0.2, 0.25) is 0 Å². The van der Waals surface area contributed by atoms with Gasteiger partial charge in [0.05, 0.1) is 17.4 Å². The van der Waals surface area contributed by atoms with Crippen LogP contribution in [0, 0.1) is 0 Å². The van der Waals surface area contributed by atoms with E-state index in [2.05, 4.69) is 31.7 Å². The summed E-state index contributed by atoms with van der Waals surface area (Å²) in [5, 5.41) is 9.14. The van der Waals surface area contributed by atoms with Crippen molar-refractivity contribution < 1.29 is 0 Å². The lowest BCUT2D eigenvalue weighted by atomic mass is 10.1. The minimum absolute atomic E-state index is 0.433. The Kier molecular flexibility index (Phi) is 2.89. The topological polar surface area (TPSA) is 91.7 Å². The van der Waals surface area contributed by atoms with Gasteiger partial charge in [-0.05, 0) is 38.1 Å². The molecule has 21 heavy (non-hydrogen) atoms. The highest BCUT2D eigenvalue weighted by Gasteiger charge is 2.18. The van der Waals surface area contributed by atoms with E-state index in [0.717, 1.165) is 53.6 Å². The Hall–Kier alpha value is -2.34. The molecule has 0 spiro atoms. The first-order chi connectivity index (χ1) is 10.3. The molecular weight excluding hydrogens is 264 g/mol. The number of aromatic nitrogens is 3. The third-order valence-corrected chi connectivity index (χ3v) is 4.13. The van der Waals surface area contributed by atoms with Gasteiger partial charge in [0.1, 0.15) is 11.5 Å². The Morgan fingerprint density at radius 1 is 1.24 bits per heavy atom. The predicted molar refractivity (Wildman–Crippen MR) is 85.3 cm³/mol. The summed E-state index contributed by atoms with van der Waals surface area (Å²) in [4.78, 5) is 12.0. The first kappa shape index (κ1) is 12.4. The predicted octanol–water partition coefficient (Wildman–Crippen LogP) is 1.86. The van der Waals surface area contributed by atoms with E-state index in [1.165, 1.54) is 0 Å². The van der Waals surface area contributed by atoms with Crippen LogP contribution in [0.15, 0.2) is 24.5 Å². The van der Waals surface area contributed by atoms with Crippen molar-refractivity contribution in [1.82, 2.24) is 20.3 Å². The van der Waals surface area contributed by atoms with Crippen LogP contribution in [0.3, 0.4) is 0 Å². The van der Waals surface area contributed by atoms with Gasteiger partial charge < -0.3 is 21.4 Å². The summed E-state index contributed by atoms with van der Waals surface area (Å²) >= 11 is 0. The van der Waals surface area contributed by atoms with E-state index < -0.39 is 0 Å². The summed E-state index contributed by atoms with van der Waals surface area (Å²) in [5.74, 6) is 0.547. The minimum atomic E-state index is 0.433. The number of nitrogens with two attached hydrogens (primary N) is 1. The van der Waals surface area contributed by atoms with Gasteiger partial charge in [0, 0.05) is 23.0 Å². The van der Waals surface area contributed by atoms with Crippen LogP contribution in [0.1, 0.15) is 12.8 Å². The second kappa shape index (κ2) is 4.89. The molecule has 1 saturated heterocycles. The highest BCUT2D eigenvalue weighted by molar-refractivity contribution is 6.14. The Labute approximate surface area is 122 Å². The molecule has 6 nitrogen and oxygen atoms in total. The number of hydrogen-bond donors (Lipinski definition) is 4. The summed E-state index contributed by atoms with van der Waals surface area (Å²) in [5.41, 5.74) is 8.90. The number of H-pyrrole nitrogens is 1. The van der Waals surface area contributed by atoms with Crippen molar-refractivity contribution in [3.05, 3.63) is 24.5 Å². The second-order valence-corrected chi connectivity index (χ2v) is 5.50. The summed E-state index contributed by atoms with van der Waals surface area (Å²) in [6.45, 7) is 2.08. The lowest BCUT2D eigenvalue weighted by molar-refractivity contribution is 0.479. The fraction of sp³-hybridized carbons (Fsp3) is 0.333. The number of nitrogens with zero attached hydrogens (tertiary/aromatic N) is 2. The number of pyridine rings is 2. The Morgan fingerprint density at radius 2 is 2.10 bits per heavy atom. The number of nitrogen functional groups attached to an aromatic ring is 1. The number of aromatic amines is 1. The minimum Gasteiger partial charge on any atom is -0.382 e. The number of hydrogen-bond acceptors (Lipinski definition) is 5. The lowest BCUT2D eigenvalue weighted by Crippen LogP contribution is -2.35. The maximum atomic E-state index is 6.13. The number of nitrogens with one attached hydrogen (secondary N) is 3. The van der Waals surface area contributed by atoms with Crippen molar-refractivity contribution in [2.45, 2.75) is 18.9 Å². The van der Waals surface area contributed by atoms with E-state index in [1.54, 1.807) is 12.4 Å². The van der Waals surface area contributed by atoms with Crippen LogP contribution in [0.5, 0.6) is 0 Å². The number of fused-ring (bicyclic) bond motifs is 3. The first-order valence-corrected chi connectivity index (χ1v) is 7.31. The molecule has 1 aliphatic heterocycles. The van der Waals surface area contributed by atoms with E-state index in [9.17, 15) is 0 Å². The van der Waals surface area contributed by atoms with Crippen LogP contribution in [0.2, 0.25) is 0 Å². The van der Waals surface area contributed by atoms with Crippen LogP contribution in [0.25, 0.3) is 21.9 Å². The van der Waals surface area contributed by atoms with Crippen molar-refractivity contribution in [3.63, 3.8) is 0 Å². The van der Waals surface area contributed by atoms with Crippen molar-refractivity contribution in [2.24, 2.45) is 0 Å². The highest BCUT2D eigenvalue weighted by atomic mass is 15.0. The zero-order valence-electron chi connectivity index (χ0n) is 11.7. The third-order valence-electron chi connectivity index (χ3n) is 4.13. The number of piperidine rings is 1. The maximum Gasteiger partial charge on any atom is 0.147 e. The van der Waals surface area contributed by atoms with Gasteiger partial charge in [-0.25, -0.2) is 9.97 Å². The second-order valence-electron chi connectivity index (χ2n) is 5.50. The third kappa shape index (κ3) is 2.08. The quantitative estimate of drug-likeness (QED) is 0.576. The largest absolute Gasteiger partial charge is 0.382 e. The molecule has 0 bridgehead atoms. The maximum absolute atomic E-state index is 6.13. The average Bonchev–Trinajstić information content (AvgIpc) is 2.90. The average molecular weight is 282 g/mol. The van der Waals surface area contributed by atoms with E-state index in [1.807, 2.05) is 6.07 Å². The molecular formula is C15H18N6. The van der Waals surface area contributed by atoms with E-state index in [0.29, 0.717) is 11.9 Å². The van der Waals surface area contributed by atoms with Gasteiger partial charge in [0.15, 0.2) is 0 Å². The molecule has 0 aliphatic carbocycles. The van der Waals surface area contributed by atoms with Crippen LogP contribution < -0.4 is 16.4 Å². The smallest absolute Gasteiger partial charge is 0.147 e. The molecule has 0 amide bonds. The zero-order valence-corrected chi connectivity index (χ0v) is 11.7. The summed E-state index contributed by atoms with van der Waals surface area (Å²) in [6, 6.07) is 4.44. The van der Waals surface area contributed by atoms with Gasteiger partial charge in [-0.3, -0.25) is 0 Å². The van der Waals surface area contributed by atoms with Crippen LogP contribution >= 0.6 is 0 Å². The molecule has 1 fully saturated rings. The van der Waals surface area contributed by atoms with Gasteiger partial charge in [0.25, 0.3) is 0 Å². The molecule has 5 N–H and O–H groups in total. The van der Waals surface area contributed by atoms with Gasteiger partial charge in [-0.2, -0.15) is 0 Å². The Bertz CT molecular complexity index is 787. The monoisotopic (exact) mass is 282 g/mol. The van der Waals surface area contributed by atoms with E-state index in [-0.39, 0.29) is 0 Å². The van der Waals surface area contributed by atoms with E-state index >= 15 is 0 Å². The first-order valence-electron chi connectivity index (χ1n) is 7.31. The lowest BCUT2D eigenvalue weighted by Gasteiger charge is -2.25. The molecule has 0 radical (unpaired) electrons. The molecule has 108 valence electrons. The van der Waals surface area contributed by atoms with Gasteiger partial charge >= 0.3 is 0 Å². The SMILES string of the molecule is Nc1ncc2[nH]c3ncccc3c2c1NC1CCNCC1. The molecule has 1 aliphatic rings. The standard InChI is InChI=1S/C15H18N6/c16-14-13(20-9-3-6-17-7-4-9)12-10-2-1-5-18-15(10)21-11(12)8-19-14/h1-2,5,8-9,17,20H,3-4,6-7H2,(H2,16,19)(H,18,21). The Morgan fingerprint density at radius 3 is 2.95 bits per heavy atom. The van der Waals surface area contributed by atoms with Crippen molar-refractivity contribution >= 4 is 33.4 Å². The molecule has 0 aromatic carbocycles.